The van der Waals surface area contributed by atoms with Gasteiger partial charge in [0, 0.05) is 12.6 Å². The highest BCUT2D eigenvalue weighted by molar-refractivity contribution is 5.28. The number of aliphatic hydroxyl groups is 1. The van der Waals surface area contributed by atoms with E-state index in [0.29, 0.717) is 6.07 Å². The molecule has 0 aliphatic rings. The minimum Gasteiger partial charge on any atom is -0.387 e. The summed E-state index contributed by atoms with van der Waals surface area (Å²) in [4.78, 5) is 0. The third-order valence-electron chi connectivity index (χ3n) is 2.35. The third-order valence-corrected chi connectivity index (χ3v) is 2.35. The zero-order valence-corrected chi connectivity index (χ0v) is 10.1. The molecule has 0 aliphatic heterocycles. The van der Waals surface area contributed by atoms with Crippen molar-refractivity contribution < 1.29 is 22.7 Å². The van der Waals surface area contributed by atoms with Crippen LogP contribution >= 0.6 is 0 Å². The standard InChI is InChI=1S/C12H15F4NO/c1-7(2)17-6-11(18)8-3-9(12(14,15)16)5-10(13)4-8/h3-5,7,11,17-18H,6H2,1-2H3. The van der Waals surface area contributed by atoms with E-state index >= 15 is 0 Å². The Hall–Kier alpha value is -1.14. The predicted molar refractivity (Wildman–Crippen MR) is 59.5 cm³/mol. The second kappa shape index (κ2) is 5.67. The molecule has 1 rings (SSSR count). The molecule has 2 N–H and O–H groups in total. The molecule has 0 fully saturated rings. The molecule has 6 heteroatoms. The summed E-state index contributed by atoms with van der Waals surface area (Å²) in [6.45, 7) is 3.73. The summed E-state index contributed by atoms with van der Waals surface area (Å²) in [6, 6.07) is 2.15. The van der Waals surface area contributed by atoms with Gasteiger partial charge in [-0.25, -0.2) is 4.39 Å². The van der Waals surface area contributed by atoms with E-state index in [-0.39, 0.29) is 18.2 Å². The molecule has 0 radical (unpaired) electrons. The SMILES string of the molecule is CC(C)NCC(O)c1cc(F)cc(C(F)(F)F)c1. The minimum atomic E-state index is -4.62. The van der Waals surface area contributed by atoms with E-state index in [0.717, 1.165) is 12.1 Å². The van der Waals surface area contributed by atoms with Crippen LogP contribution < -0.4 is 5.32 Å². The maximum absolute atomic E-state index is 13.1. The molecule has 0 bridgehead atoms. The Labute approximate surface area is 103 Å². The molecule has 0 amide bonds. The van der Waals surface area contributed by atoms with E-state index in [4.69, 9.17) is 0 Å². The average Bonchev–Trinajstić information content (AvgIpc) is 2.23. The van der Waals surface area contributed by atoms with Crippen LogP contribution in [0.2, 0.25) is 0 Å². The number of hydrogen-bond donors (Lipinski definition) is 2. The lowest BCUT2D eigenvalue weighted by atomic mass is 10.0. The second-order valence-electron chi connectivity index (χ2n) is 4.35. The summed E-state index contributed by atoms with van der Waals surface area (Å²) in [5.41, 5.74) is -1.18. The maximum Gasteiger partial charge on any atom is 0.416 e. The Morgan fingerprint density at radius 2 is 1.83 bits per heavy atom. The monoisotopic (exact) mass is 265 g/mol. The number of benzene rings is 1. The van der Waals surface area contributed by atoms with Crippen molar-refractivity contribution in [1.82, 2.24) is 5.32 Å². The molecule has 0 aliphatic carbocycles. The molecule has 1 unspecified atom stereocenters. The topological polar surface area (TPSA) is 32.3 Å². The Kier molecular flexibility index (Phi) is 4.70. The highest BCUT2D eigenvalue weighted by atomic mass is 19.4. The average molecular weight is 265 g/mol. The zero-order chi connectivity index (χ0) is 13.9. The second-order valence-corrected chi connectivity index (χ2v) is 4.35. The first kappa shape index (κ1) is 14.9. The Morgan fingerprint density at radius 1 is 1.22 bits per heavy atom. The van der Waals surface area contributed by atoms with Crippen molar-refractivity contribution in [3.8, 4) is 0 Å². The predicted octanol–water partition coefficient (Wildman–Crippen LogP) is 2.88. The Balaban J connectivity index is 2.92. The molecular weight excluding hydrogens is 250 g/mol. The van der Waals surface area contributed by atoms with Gasteiger partial charge in [-0.15, -0.1) is 0 Å². The molecule has 0 spiro atoms. The fourth-order valence-corrected chi connectivity index (χ4v) is 1.43. The largest absolute Gasteiger partial charge is 0.416 e. The molecule has 1 aromatic carbocycles. The van der Waals surface area contributed by atoms with Gasteiger partial charge in [-0.2, -0.15) is 13.2 Å². The number of rotatable bonds is 4. The van der Waals surface area contributed by atoms with Crippen LogP contribution in [0, 0.1) is 5.82 Å². The van der Waals surface area contributed by atoms with Crippen molar-refractivity contribution in [2.75, 3.05) is 6.54 Å². The Bertz CT molecular complexity index is 404. The van der Waals surface area contributed by atoms with Gasteiger partial charge in [0.1, 0.15) is 5.82 Å². The van der Waals surface area contributed by atoms with Gasteiger partial charge in [0.05, 0.1) is 11.7 Å². The molecule has 1 aromatic rings. The summed E-state index contributed by atoms with van der Waals surface area (Å²) in [5, 5.41) is 12.6. The smallest absolute Gasteiger partial charge is 0.387 e. The number of halogens is 4. The number of nitrogens with one attached hydrogen (secondary N) is 1. The summed E-state index contributed by atoms with van der Waals surface area (Å²) in [5.74, 6) is -1.01. The van der Waals surface area contributed by atoms with Gasteiger partial charge < -0.3 is 10.4 Å². The van der Waals surface area contributed by atoms with Crippen molar-refractivity contribution in [3.05, 3.63) is 35.1 Å². The van der Waals surface area contributed by atoms with E-state index < -0.39 is 23.7 Å². The highest BCUT2D eigenvalue weighted by Gasteiger charge is 2.31. The molecule has 0 saturated heterocycles. The summed E-state index contributed by atoms with van der Waals surface area (Å²) < 4.78 is 50.5. The molecular formula is C12H15F4NO. The normalized spacial score (nSPS) is 14.0. The molecule has 102 valence electrons. The summed E-state index contributed by atoms with van der Waals surface area (Å²) in [6.07, 6.45) is -5.80. The van der Waals surface area contributed by atoms with E-state index in [9.17, 15) is 22.7 Å². The van der Waals surface area contributed by atoms with Crippen LogP contribution in [0.15, 0.2) is 18.2 Å². The third kappa shape index (κ3) is 4.27. The van der Waals surface area contributed by atoms with Gasteiger partial charge in [-0.1, -0.05) is 13.8 Å². The Morgan fingerprint density at radius 3 is 2.33 bits per heavy atom. The number of aliphatic hydroxyl groups excluding tert-OH is 1. The fraction of sp³-hybridized carbons (Fsp3) is 0.500. The quantitative estimate of drug-likeness (QED) is 0.820. The van der Waals surface area contributed by atoms with Crippen molar-refractivity contribution in [2.45, 2.75) is 32.2 Å². The van der Waals surface area contributed by atoms with Crippen LogP contribution in [-0.2, 0) is 6.18 Å². The van der Waals surface area contributed by atoms with Crippen LogP contribution in [0.1, 0.15) is 31.1 Å². The lowest BCUT2D eigenvalue weighted by Gasteiger charge is -2.16. The lowest BCUT2D eigenvalue weighted by Crippen LogP contribution is -2.28. The van der Waals surface area contributed by atoms with Crippen LogP contribution in [0.25, 0.3) is 0 Å². The molecule has 18 heavy (non-hydrogen) atoms. The van der Waals surface area contributed by atoms with Gasteiger partial charge in [0.2, 0.25) is 0 Å². The number of alkyl halides is 3. The first-order valence-corrected chi connectivity index (χ1v) is 5.49. The fourth-order valence-electron chi connectivity index (χ4n) is 1.43. The zero-order valence-electron chi connectivity index (χ0n) is 10.1. The van der Waals surface area contributed by atoms with Crippen LogP contribution in [0.3, 0.4) is 0 Å². The molecule has 2 nitrogen and oxygen atoms in total. The van der Waals surface area contributed by atoms with Crippen LogP contribution in [0.4, 0.5) is 17.6 Å². The van der Waals surface area contributed by atoms with E-state index in [1.165, 1.54) is 0 Å². The van der Waals surface area contributed by atoms with Crippen LogP contribution in [0.5, 0.6) is 0 Å². The lowest BCUT2D eigenvalue weighted by molar-refractivity contribution is -0.137. The van der Waals surface area contributed by atoms with Crippen molar-refractivity contribution in [2.24, 2.45) is 0 Å². The summed E-state index contributed by atoms with van der Waals surface area (Å²) in [7, 11) is 0. The van der Waals surface area contributed by atoms with E-state index in [1.807, 2.05) is 13.8 Å². The van der Waals surface area contributed by atoms with Crippen LogP contribution in [-0.4, -0.2) is 17.7 Å². The molecule has 0 heterocycles. The van der Waals surface area contributed by atoms with Crippen molar-refractivity contribution in [1.29, 1.82) is 0 Å². The van der Waals surface area contributed by atoms with Gasteiger partial charge in [-0.3, -0.25) is 0 Å². The molecule has 0 aromatic heterocycles. The molecule has 1 atom stereocenters. The van der Waals surface area contributed by atoms with Gasteiger partial charge >= 0.3 is 6.18 Å². The maximum atomic E-state index is 13.1. The first-order valence-electron chi connectivity index (χ1n) is 5.49. The molecule has 0 saturated carbocycles. The van der Waals surface area contributed by atoms with Crippen molar-refractivity contribution >= 4 is 0 Å². The van der Waals surface area contributed by atoms with E-state index in [2.05, 4.69) is 5.32 Å². The highest BCUT2D eigenvalue weighted by Crippen LogP contribution is 2.31. The minimum absolute atomic E-state index is 0.0679. The first-order chi connectivity index (χ1) is 8.20. The van der Waals surface area contributed by atoms with Gasteiger partial charge in [0.15, 0.2) is 0 Å². The number of hydrogen-bond acceptors (Lipinski definition) is 2. The van der Waals surface area contributed by atoms with Gasteiger partial charge in [0.25, 0.3) is 0 Å². The van der Waals surface area contributed by atoms with E-state index in [1.54, 1.807) is 0 Å². The van der Waals surface area contributed by atoms with Gasteiger partial charge in [-0.05, 0) is 23.8 Å². The van der Waals surface area contributed by atoms with Crippen molar-refractivity contribution in [3.63, 3.8) is 0 Å². The summed E-state index contributed by atoms with van der Waals surface area (Å²) >= 11 is 0.